The molecular weight excluding hydrogens is 266 g/mol. The van der Waals surface area contributed by atoms with E-state index in [0.717, 1.165) is 0 Å². The molecule has 11 heteroatoms. The Morgan fingerprint density at radius 1 is 1.35 bits per heavy atom. The molecule has 0 saturated heterocycles. The average Bonchev–Trinajstić information content (AvgIpc) is 2.22. The van der Waals surface area contributed by atoms with Gasteiger partial charge in [-0.3, -0.25) is 4.52 Å². The van der Waals surface area contributed by atoms with E-state index in [-0.39, 0.29) is 0 Å². The summed E-state index contributed by atoms with van der Waals surface area (Å²) in [5.74, 6) is -3.88. The van der Waals surface area contributed by atoms with Crippen molar-refractivity contribution in [1.82, 2.24) is 0 Å². The van der Waals surface area contributed by atoms with Gasteiger partial charge in [-0.15, -0.1) is 0 Å². The van der Waals surface area contributed by atoms with Crippen LogP contribution < -0.4 is 0 Å². The molecule has 0 unspecified atom stereocenters. The topological polar surface area (TPSA) is 165 Å². The van der Waals surface area contributed by atoms with E-state index >= 15 is 0 Å². The number of hydrogen-bond donors (Lipinski definition) is 6. The number of aldehydes is 1. The molecule has 0 heterocycles. The number of carbonyl (C=O) groups is 1. The Balaban J connectivity index is 4.53. The molecule has 0 fully saturated rings. The third kappa shape index (κ3) is 5.15. The monoisotopic (exact) mass is 278 g/mol. The lowest BCUT2D eigenvalue weighted by atomic mass is 10.0. The molecule has 0 aromatic heterocycles. The molecule has 6 N–H and O–H groups in total. The van der Waals surface area contributed by atoms with Gasteiger partial charge in [-0.25, -0.2) is 8.96 Å². The molecule has 0 spiro atoms. The molecule has 0 rings (SSSR count). The molecule has 0 radical (unpaired) electrons. The molecule has 0 saturated carbocycles. The number of phosphoric acid groups is 1. The van der Waals surface area contributed by atoms with Gasteiger partial charge in [0.25, 0.3) is 5.85 Å². The van der Waals surface area contributed by atoms with Gasteiger partial charge in [0.05, 0.1) is 6.61 Å². The zero-order valence-corrected chi connectivity index (χ0v) is 9.14. The normalized spacial score (nSPS) is 21.4. The van der Waals surface area contributed by atoms with Gasteiger partial charge in [0.1, 0.15) is 12.2 Å². The van der Waals surface area contributed by atoms with Crippen molar-refractivity contribution in [3.8, 4) is 0 Å². The summed E-state index contributed by atoms with van der Waals surface area (Å²) in [7, 11) is -4.95. The Labute approximate surface area is 94.3 Å². The number of halogens is 1. The van der Waals surface area contributed by atoms with E-state index in [2.05, 4.69) is 4.52 Å². The van der Waals surface area contributed by atoms with E-state index in [4.69, 9.17) is 30.2 Å². The van der Waals surface area contributed by atoms with Gasteiger partial charge in [0.2, 0.25) is 0 Å². The molecule has 17 heavy (non-hydrogen) atoms. The third-order valence-electron chi connectivity index (χ3n) is 1.74. The van der Waals surface area contributed by atoms with Crippen LogP contribution in [0.4, 0.5) is 4.39 Å². The van der Waals surface area contributed by atoms with Crippen molar-refractivity contribution in [3.05, 3.63) is 0 Å². The summed E-state index contributed by atoms with van der Waals surface area (Å²) >= 11 is 0. The largest absolute Gasteiger partial charge is 0.469 e. The minimum absolute atomic E-state index is 0.431. The molecule has 0 aliphatic rings. The molecular formula is C6H12FO9P. The van der Waals surface area contributed by atoms with Crippen LogP contribution in [-0.4, -0.2) is 67.3 Å². The Morgan fingerprint density at radius 2 is 1.82 bits per heavy atom. The highest BCUT2D eigenvalue weighted by atomic mass is 31.2. The average molecular weight is 278 g/mol. The fourth-order valence-electron chi connectivity index (χ4n) is 0.805. The zero-order chi connectivity index (χ0) is 13.9. The zero-order valence-electron chi connectivity index (χ0n) is 8.25. The first kappa shape index (κ1) is 16.6. The number of alkyl halides is 1. The SMILES string of the molecule is O=C[C@H](O)[C@](O)(F)[C@H](O)[C@H](O)COP(=O)(O)O. The fraction of sp³-hybridized carbons (Fsp3) is 0.833. The number of hydrogen-bond acceptors (Lipinski definition) is 7. The van der Waals surface area contributed by atoms with Crippen LogP contribution in [0.25, 0.3) is 0 Å². The van der Waals surface area contributed by atoms with Gasteiger partial charge in [0.15, 0.2) is 12.4 Å². The Morgan fingerprint density at radius 3 is 2.18 bits per heavy atom. The van der Waals surface area contributed by atoms with Gasteiger partial charge in [0, 0.05) is 0 Å². The number of aliphatic hydroxyl groups excluding tert-OH is 3. The fourth-order valence-corrected chi connectivity index (χ4v) is 1.15. The van der Waals surface area contributed by atoms with Crippen molar-refractivity contribution in [3.63, 3.8) is 0 Å². The van der Waals surface area contributed by atoms with Crippen LogP contribution in [0.2, 0.25) is 0 Å². The van der Waals surface area contributed by atoms with Crippen molar-refractivity contribution in [2.24, 2.45) is 0 Å². The summed E-state index contributed by atoms with van der Waals surface area (Å²) in [5, 5.41) is 35.6. The lowest BCUT2D eigenvalue weighted by Gasteiger charge is -2.29. The maximum absolute atomic E-state index is 13.2. The minimum atomic E-state index is -4.95. The summed E-state index contributed by atoms with van der Waals surface area (Å²) in [4.78, 5) is 26.5. The van der Waals surface area contributed by atoms with E-state index < -0.39 is 44.9 Å². The van der Waals surface area contributed by atoms with Gasteiger partial charge < -0.3 is 35.0 Å². The second-order valence-corrected chi connectivity index (χ2v) is 4.35. The molecule has 102 valence electrons. The van der Waals surface area contributed by atoms with Crippen molar-refractivity contribution in [1.29, 1.82) is 0 Å². The number of phosphoric ester groups is 1. The Bertz CT molecular complexity index is 302. The summed E-state index contributed by atoms with van der Waals surface area (Å²) in [6, 6.07) is 0. The smallest absolute Gasteiger partial charge is 0.388 e. The lowest BCUT2D eigenvalue weighted by Crippen LogP contribution is -2.55. The van der Waals surface area contributed by atoms with Crippen LogP contribution >= 0.6 is 7.82 Å². The van der Waals surface area contributed by atoms with E-state index in [1.165, 1.54) is 0 Å². The van der Waals surface area contributed by atoms with Crippen molar-refractivity contribution < 1.29 is 48.5 Å². The minimum Gasteiger partial charge on any atom is -0.388 e. The van der Waals surface area contributed by atoms with Gasteiger partial charge in [-0.05, 0) is 0 Å². The summed E-state index contributed by atoms with van der Waals surface area (Å²) in [6.07, 6.45) is -8.04. The Kier molecular flexibility index (Phi) is 5.78. The van der Waals surface area contributed by atoms with Crippen LogP contribution in [-0.2, 0) is 13.9 Å². The van der Waals surface area contributed by atoms with Crippen LogP contribution in [0.1, 0.15) is 0 Å². The second-order valence-electron chi connectivity index (χ2n) is 3.11. The maximum atomic E-state index is 13.2. The van der Waals surface area contributed by atoms with Gasteiger partial charge in [-0.2, -0.15) is 0 Å². The lowest BCUT2D eigenvalue weighted by molar-refractivity contribution is -0.242. The summed E-state index contributed by atoms with van der Waals surface area (Å²) < 4.78 is 27.1. The van der Waals surface area contributed by atoms with Crippen LogP contribution in [0.5, 0.6) is 0 Å². The van der Waals surface area contributed by atoms with E-state index in [0.29, 0.717) is 0 Å². The molecule has 0 aliphatic carbocycles. The molecule has 0 aromatic rings. The highest BCUT2D eigenvalue weighted by Gasteiger charge is 2.47. The van der Waals surface area contributed by atoms with Crippen LogP contribution in [0, 0.1) is 0 Å². The van der Waals surface area contributed by atoms with Crippen molar-refractivity contribution in [2.75, 3.05) is 6.61 Å². The first-order chi connectivity index (χ1) is 7.52. The van der Waals surface area contributed by atoms with Crippen molar-refractivity contribution >= 4 is 14.1 Å². The first-order valence-electron chi connectivity index (χ1n) is 4.13. The third-order valence-corrected chi connectivity index (χ3v) is 2.22. The maximum Gasteiger partial charge on any atom is 0.469 e. The Hall–Kier alpha value is -0.450. The molecule has 0 aliphatic heterocycles. The number of rotatable bonds is 7. The summed E-state index contributed by atoms with van der Waals surface area (Å²) in [5.41, 5.74) is 0. The highest BCUT2D eigenvalue weighted by molar-refractivity contribution is 7.46. The predicted octanol–water partition coefficient (Wildman–Crippen LogP) is -2.96. The first-order valence-corrected chi connectivity index (χ1v) is 5.66. The van der Waals surface area contributed by atoms with Gasteiger partial charge >= 0.3 is 7.82 Å². The molecule has 0 aromatic carbocycles. The van der Waals surface area contributed by atoms with E-state index in [1.807, 2.05) is 0 Å². The van der Waals surface area contributed by atoms with Crippen molar-refractivity contribution in [2.45, 2.75) is 24.2 Å². The molecule has 4 atom stereocenters. The molecule has 9 nitrogen and oxygen atoms in total. The predicted molar refractivity (Wildman–Crippen MR) is 48.1 cm³/mol. The molecule has 0 amide bonds. The standard InChI is InChI=1S/C6H12FO9P/c7-6(12,4(10)1-8)5(11)3(9)2-16-17(13,14)15/h1,3-5,9-12H,2H2,(H2,13,14,15)/t3-,4+,5-,6-/m1/s1. The number of carbonyl (C=O) groups excluding carboxylic acids is 1. The highest BCUT2D eigenvalue weighted by Crippen LogP contribution is 2.36. The second kappa shape index (κ2) is 5.94. The molecule has 0 bridgehead atoms. The van der Waals surface area contributed by atoms with Crippen LogP contribution in [0.3, 0.4) is 0 Å². The number of aliphatic hydroxyl groups is 4. The summed E-state index contributed by atoms with van der Waals surface area (Å²) in [6.45, 7) is -1.22. The van der Waals surface area contributed by atoms with Crippen LogP contribution in [0.15, 0.2) is 0 Å². The van der Waals surface area contributed by atoms with E-state index in [1.54, 1.807) is 0 Å². The van der Waals surface area contributed by atoms with E-state index in [9.17, 15) is 13.8 Å². The van der Waals surface area contributed by atoms with Gasteiger partial charge in [-0.1, -0.05) is 0 Å². The quantitative estimate of drug-likeness (QED) is 0.211.